The van der Waals surface area contributed by atoms with Gasteiger partial charge in [-0.05, 0) is 53.8 Å². The van der Waals surface area contributed by atoms with Gasteiger partial charge in [0.05, 0.1) is 5.75 Å². The Balaban J connectivity index is 1.56. The smallest absolute Gasteiger partial charge is 0.234 e. The van der Waals surface area contributed by atoms with Crippen LogP contribution in [0, 0.1) is 0 Å². The molecule has 3 aromatic carbocycles. The number of benzene rings is 3. The van der Waals surface area contributed by atoms with E-state index in [2.05, 4.69) is 53.6 Å². The summed E-state index contributed by atoms with van der Waals surface area (Å²) in [7, 11) is 0. The Hall–Kier alpha value is -3.09. The van der Waals surface area contributed by atoms with E-state index in [-0.39, 0.29) is 11.7 Å². The second kappa shape index (κ2) is 11.4. The first kappa shape index (κ1) is 24.0. The normalized spacial score (nSPS) is 10.9. The fourth-order valence-corrected chi connectivity index (χ4v) is 4.74. The average Bonchev–Trinajstić information content (AvgIpc) is 3.26. The van der Waals surface area contributed by atoms with Crippen molar-refractivity contribution in [2.45, 2.75) is 38.3 Å². The lowest BCUT2D eigenvalue weighted by Crippen LogP contribution is -2.17. The molecule has 0 radical (unpaired) electrons. The molecule has 0 aliphatic rings. The Kier molecular flexibility index (Phi) is 8.03. The lowest BCUT2D eigenvalue weighted by molar-refractivity contribution is -0.113. The number of aryl methyl sites for hydroxylation is 2. The number of nitrogens with zero attached hydrogens (tertiary/aromatic N) is 3. The highest BCUT2D eigenvalue weighted by atomic mass is 35.5. The van der Waals surface area contributed by atoms with Gasteiger partial charge in [-0.3, -0.25) is 9.36 Å². The van der Waals surface area contributed by atoms with Crippen LogP contribution in [0.2, 0.25) is 5.02 Å². The predicted molar refractivity (Wildman–Crippen MR) is 140 cm³/mol. The molecule has 1 amide bonds. The number of halogens is 1. The van der Waals surface area contributed by atoms with Gasteiger partial charge in [0.2, 0.25) is 5.91 Å². The summed E-state index contributed by atoms with van der Waals surface area (Å²) in [6, 6.07) is 23.9. The van der Waals surface area contributed by atoms with Gasteiger partial charge in [0, 0.05) is 22.8 Å². The van der Waals surface area contributed by atoms with E-state index in [0.29, 0.717) is 16.6 Å². The molecule has 1 N–H and O–H groups in total. The molecule has 0 fully saturated rings. The zero-order valence-electron chi connectivity index (χ0n) is 19.3. The van der Waals surface area contributed by atoms with Crippen LogP contribution in [0.25, 0.3) is 5.69 Å². The minimum atomic E-state index is -0.0594. The van der Waals surface area contributed by atoms with Crippen molar-refractivity contribution in [3.63, 3.8) is 0 Å². The van der Waals surface area contributed by atoms with Crippen LogP contribution >= 0.6 is 23.4 Å². The summed E-state index contributed by atoms with van der Waals surface area (Å²) >= 11 is 7.49. The number of amides is 1. The molecule has 0 atom stereocenters. The van der Waals surface area contributed by atoms with Crippen molar-refractivity contribution in [3.8, 4) is 5.69 Å². The number of anilines is 1. The van der Waals surface area contributed by atoms with E-state index >= 15 is 0 Å². The highest BCUT2D eigenvalue weighted by Crippen LogP contribution is 2.26. The molecule has 5 nitrogen and oxygen atoms in total. The van der Waals surface area contributed by atoms with E-state index in [9.17, 15) is 4.79 Å². The quantitative estimate of drug-likeness (QED) is 0.277. The number of hydrogen-bond acceptors (Lipinski definition) is 4. The molecule has 0 saturated carbocycles. The van der Waals surface area contributed by atoms with Gasteiger partial charge in [0.1, 0.15) is 5.82 Å². The number of hydrogen-bond donors (Lipinski definition) is 1. The van der Waals surface area contributed by atoms with Gasteiger partial charge in [-0.25, -0.2) is 0 Å². The molecule has 4 aromatic rings. The van der Waals surface area contributed by atoms with E-state index in [1.807, 2.05) is 53.1 Å². The standard InChI is InChI=1S/C27H27ClN4OS/c1-3-20-11-8-12-21(4-2)26(20)29-25(33)18-34-27-31-30-24(17-19-9-6-5-7-10-19)32(27)23-15-13-22(28)14-16-23/h5-16H,3-4,17-18H2,1-2H3,(H,29,33). The molecule has 7 heteroatoms. The van der Waals surface area contributed by atoms with Gasteiger partial charge in [-0.2, -0.15) is 0 Å². The van der Waals surface area contributed by atoms with Crippen molar-refractivity contribution in [1.82, 2.24) is 14.8 Å². The number of aromatic nitrogens is 3. The average molecular weight is 491 g/mol. The maximum absolute atomic E-state index is 12.9. The lowest BCUT2D eigenvalue weighted by atomic mass is 10.0. The van der Waals surface area contributed by atoms with Crippen LogP contribution < -0.4 is 5.32 Å². The zero-order valence-corrected chi connectivity index (χ0v) is 20.9. The van der Waals surface area contributed by atoms with E-state index in [1.54, 1.807) is 0 Å². The van der Waals surface area contributed by atoms with Crippen LogP contribution in [-0.4, -0.2) is 26.4 Å². The van der Waals surface area contributed by atoms with Crippen molar-refractivity contribution in [2.75, 3.05) is 11.1 Å². The molecule has 0 aliphatic carbocycles. The van der Waals surface area contributed by atoms with Gasteiger partial charge >= 0.3 is 0 Å². The Morgan fingerprint density at radius 3 is 2.24 bits per heavy atom. The fourth-order valence-electron chi connectivity index (χ4n) is 3.84. The number of thioether (sulfide) groups is 1. The third-order valence-corrected chi connectivity index (χ3v) is 6.77. The van der Waals surface area contributed by atoms with Crippen LogP contribution in [0.15, 0.2) is 78.0 Å². The predicted octanol–water partition coefficient (Wildman–Crippen LogP) is 6.37. The van der Waals surface area contributed by atoms with Gasteiger partial charge in [-0.1, -0.05) is 85.7 Å². The molecule has 174 valence electrons. The highest BCUT2D eigenvalue weighted by Gasteiger charge is 2.17. The zero-order chi connectivity index (χ0) is 23.9. The second-order valence-electron chi connectivity index (χ2n) is 7.87. The maximum atomic E-state index is 12.9. The Morgan fingerprint density at radius 1 is 0.912 bits per heavy atom. The first-order valence-electron chi connectivity index (χ1n) is 11.4. The van der Waals surface area contributed by atoms with Crippen molar-refractivity contribution < 1.29 is 4.79 Å². The van der Waals surface area contributed by atoms with Crippen molar-refractivity contribution in [1.29, 1.82) is 0 Å². The third-order valence-electron chi connectivity index (χ3n) is 5.59. The summed E-state index contributed by atoms with van der Waals surface area (Å²) in [5, 5.41) is 13.3. The van der Waals surface area contributed by atoms with Crippen LogP contribution in [0.1, 0.15) is 36.4 Å². The van der Waals surface area contributed by atoms with Crippen LogP contribution in [0.5, 0.6) is 0 Å². The minimum absolute atomic E-state index is 0.0594. The van der Waals surface area contributed by atoms with Gasteiger partial charge in [0.25, 0.3) is 0 Å². The molecule has 0 unspecified atom stereocenters. The van der Waals surface area contributed by atoms with Crippen LogP contribution in [-0.2, 0) is 24.1 Å². The highest BCUT2D eigenvalue weighted by molar-refractivity contribution is 7.99. The van der Waals surface area contributed by atoms with Crippen molar-refractivity contribution >= 4 is 35.0 Å². The van der Waals surface area contributed by atoms with Crippen LogP contribution in [0.3, 0.4) is 0 Å². The third kappa shape index (κ3) is 5.69. The number of rotatable bonds is 9. The fraction of sp³-hybridized carbons (Fsp3) is 0.222. The first-order valence-corrected chi connectivity index (χ1v) is 12.7. The molecule has 1 aromatic heterocycles. The van der Waals surface area contributed by atoms with E-state index in [1.165, 1.54) is 11.8 Å². The number of nitrogens with one attached hydrogen (secondary N) is 1. The molecular formula is C27H27ClN4OS. The number of carbonyl (C=O) groups is 1. The summed E-state index contributed by atoms with van der Waals surface area (Å²) in [4.78, 5) is 12.9. The number of carbonyl (C=O) groups excluding carboxylic acids is 1. The second-order valence-corrected chi connectivity index (χ2v) is 9.25. The summed E-state index contributed by atoms with van der Waals surface area (Å²) in [6.07, 6.45) is 2.36. The number of para-hydroxylation sites is 1. The Labute approximate surface area is 209 Å². The van der Waals surface area contributed by atoms with Gasteiger partial charge in [0.15, 0.2) is 5.16 Å². The molecule has 0 bridgehead atoms. The summed E-state index contributed by atoms with van der Waals surface area (Å²) < 4.78 is 2.00. The molecule has 1 heterocycles. The monoisotopic (exact) mass is 490 g/mol. The summed E-state index contributed by atoms with van der Waals surface area (Å²) in [6.45, 7) is 4.20. The molecule has 0 spiro atoms. The van der Waals surface area contributed by atoms with Gasteiger partial charge < -0.3 is 5.32 Å². The Bertz CT molecular complexity index is 1230. The largest absolute Gasteiger partial charge is 0.325 e. The molecular weight excluding hydrogens is 464 g/mol. The van der Waals surface area contributed by atoms with E-state index in [4.69, 9.17) is 11.6 Å². The first-order chi connectivity index (χ1) is 16.6. The molecule has 34 heavy (non-hydrogen) atoms. The van der Waals surface area contributed by atoms with Crippen molar-refractivity contribution in [2.24, 2.45) is 0 Å². The SMILES string of the molecule is CCc1cccc(CC)c1NC(=O)CSc1nnc(Cc2ccccc2)n1-c1ccc(Cl)cc1. The summed E-state index contributed by atoms with van der Waals surface area (Å²) in [5.74, 6) is 0.982. The van der Waals surface area contributed by atoms with Crippen LogP contribution in [0.4, 0.5) is 5.69 Å². The maximum Gasteiger partial charge on any atom is 0.234 e. The molecule has 0 saturated heterocycles. The Morgan fingerprint density at radius 2 is 1.59 bits per heavy atom. The lowest BCUT2D eigenvalue weighted by Gasteiger charge is -2.14. The molecule has 0 aliphatic heterocycles. The van der Waals surface area contributed by atoms with E-state index in [0.717, 1.165) is 46.7 Å². The minimum Gasteiger partial charge on any atom is -0.325 e. The van der Waals surface area contributed by atoms with E-state index < -0.39 is 0 Å². The molecule has 4 rings (SSSR count). The van der Waals surface area contributed by atoms with Gasteiger partial charge in [-0.15, -0.1) is 10.2 Å². The summed E-state index contributed by atoms with van der Waals surface area (Å²) in [5.41, 5.74) is 5.27. The topological polar surface area (TPSA) is 59.8 Å². The van der Waals surface area contributed by atoms with Crippen molar-refractivity contribution in [3.05, 3.63) is 100 Å².